The van der Waals surface area contributed by atoms with E-state index in [1.807, 2.05) is 19.9 Å². The first-order valence-electron chi connectivity index (χ1n) is 6.96. The highest BCUT2D eigenvalue weighted by Crippen LogP contribution is 2.23. The van der Waals surface area contributed by atoms with Crippen molar-refractivity contribution in [2.75, 3.05) is 18.5 Å². The molecule has 1 aromatic carbocycles. The Hall–Kier alpha value is -1.83. The summed E-state index contributed by atoms with van der Waals surface area (Å²) >= 11 is 5.96. The molecular formula is C16H18ClN3O. The fourth-order valence-electron chi connectivity index (χ4n) is 1.99. The van der Waals surface area contributed by atoms with E-state index in [1.165, 1.54) is 0 Å². The summed E-state index contributed by atoms with van der Waals surface area (Å²) in [6.07, 6.45) is 1.14. The minimum absolute atomic E-state index is 0.249. The summed E-state index contributed by atoms with van der Waals surface area (Å²) in [6.45, 7) is 5.49. The van der Waals surface area contributed by atoms with E-state index in [-0.39, 0.29) is 6.10 Å². The third kappa shape index (κ3) is 4.32. The SMILES string of the molecule is CC(C)OCCCNc1cc(C#N)c2cc(Cl)ccc2n1. The van der Waals surface area contributed by atoms with Gasteiger partial charge in [0.2, 0.25) is 0 Å². The number of pyridine rings is 1. The zero-order valence-corrected chi connectivity index (χ0v) is 12.9. The fourth-order valence-corrected chi connectivity index (χ4v) is 2.16. The van der Waals surface area contributed by atoms with Crippen LogP contribution in [-0.2, 0) is 4.74 Å². The number of aromatic nitrogens is 1. The molecule has 1 N–H and O–H groups in total. The molecule has 4 nitrogen and oxygen atoms in total. The van der Waals surface area contributed by atoms with E-state index < -0.39 is 0 Å². The average molecular weight is 304 g/mol. The van der Waals surface area contributed by atoms with Crippen LogP contribution >= 0.6 is 11.6 Å². The number of nitrogens with zero attached hydrogens (tertiary/aromatic N) is 2. The molecule has 0 radical (unpaired) electrons. The van der Waals surface area contributed by atoms with Crippen molar-refractivity contribution in [3.05, 3.63) is 34.9 Å². The zero-order valence-electron chi connectivity index (χ0n) is 12.2. The zero-order chi connectivity index (χ0) is 15.2. The van der Waals surface area contributed by atoms with Crippen LogP contribution in [0.15, 0.2) is 24.3 Å². The van der Waals surface area contributed by atoms with Gasteiger partial charge < -0.3 is 10.1 Å². The number of halogens is 1. The van der Waals surface area contributed by atoms with Gasteiger partial charge in [-0.15, -0.1) is 0 Å². The first-order valence-corrected chi connectivity index (χ1v) is 7.34. The Balaban J connectivity index is 2.08. The Morgan fingerprint density at radius 1 is 1.38 bits per heavy atom. The Morgan fingerprint density at radius 3 is 2.90 bits per heavy atom. The highest BCUT2D eigenvalue weighted by Gasteiger charge is 2.06. The molecule has 1 aromatic heterocycles. The molecule has 0 bridgehead atoms. The van der Waals surface area contributed by atoms with Gasteiger partial charge in [0.05, 0.1) is 23.3 Å². The van der Waals surface area contributed by atoms with E-state index in [9.17, 15) is 5.26 Å². The number of rotatable bonds is 6. The van der Waals surface area contributed by atoms with Crippen molar-refractivity contribution in [1.29, 1.82) is 5.26 Å². The van der Waals surface area contributed by atoms with Crippen LogP contribution in [0.4, 0.5) is 5.82 Å². The minimum Gasteiger partial charge on any atom is -0.379 e. The average Bonchev–Trinajstić information content (AvgIpc) is 2.46. The predicted octanol–water partition coefficient (Wildman–Crippen LogP) is 3.99. The van der Waals surface area contributed by atoms with Crippen molar-refractivity contribution in [2.45, 2.75) is 26.4 Å². The lowest BCUT2D eigenvalue weighted by Crippen LogP contribution is -2.10. The molecule has 5 heteroatoms. The Morgan fingerprint density at radius 2 is 2.19 bits per heavy atom. The number of hydrogen-bond acceptors (Lipinski definition) is 4. The fraction of sp³-hybridized carbons (Fsp3) is 0.375. The molecule has 0 amide bonds. The van der Waals surface area contributed by atoms with E-state index in [4.69, 9.17) is 16.3 Å². The molecule has 0 saturated heterocycles. The molecule has 0 saturated carbocycles. The Kier molecular flexibility index (Phi) is 5.38. The number of ether oxygens (including phenoxy) is 1. The molecule has 0 fully saturated rings. The minimum atomic E-state index is 0.249. The maximum absolute atomic E-state index is 9.25. The molecular weight excluding hydrogens is 286 g/mol. The lowest BCUT2D eigenvalue weighted by molar-refractivity contribution is 0.0787. The van der Waals surface area contributed by atoms with E-state index in [0.717, 1.165) is 23.9 Å². The molecule has 0 unspecified atom stereocenters. The number of benzene rings is 1. The van der Waals surface area contributed by atoms with Crippen molar-refractivity contribution in [3.63, 3.8) is 0 Å². The van der Waals surface area contributed by atoms with Crippen molar-refractivity contribution in [3.8, 4) is 6.07 Å². The topological polar surface area (TPSA) is 57.9 Å². The summed E-state index contributed by atoms with van der Waals surface area (Å²) in [5, 5.41) is 13.9. The van der Waals surface area contributed by atoms with Crippen molar-refractivity contribution in [2.24, 2.45) is 0 Å². The molecule has 21 heavy (non-hydrogen) atoms. The van der Waals surface area contributed by atoms with Crippen LogP contribution in [0.5, 0.6) is 0 Å². The molecule has 0 aliphatic rings. The van der Waals surface area contributed by atoms with E-state index in [0.29, 0.717) is 23.0 Å². The molecule has 0 atom stereocenters. The van der Waals surface area contributed by atoms with Crippen LogP contribution in [-0.4, -0.2) is 24.2 Å². The molecule has 1 heterocycles. The number of nitriles is 1. The number of fused-ring (bicyclic) bond motifs is 1. The Bertz CT molecular complexity index is 664. The second-order valence-corrected chi connectivity index (χ2v) is 5.46. The van der Waals surface area contributed by atoms with Crippen LogP contribution in [0.2, 0.25) is 5.02 Å². The number of anilines is 1. The van der Waals surface area contributed by atoms with Gasteiger partial charge in [0.15, 0.2) is 0 Å². The van der Waals surface area contributed by atoms with Crippen LogP contribution < -0.4 is 5.32 Å². The van der Waals surface area contributed by atoms with Gasteiger partial charge in [0.25, 0.3) is 0 Å². The second-order valence-electron chi connectivity index (χ2n) is 5.03. The molecule has 2 aromatic rings. The van der Waals surface area contributed by atoms with Crippen LogP contribution in [0.1, 0.15) is 25.8 Å². The van der Waals surface area contributed by atoms with Gasteiger partial charge in [-0.25, -0.2) is 4.98 Å². The third-order valence-corrected chi connectivity index (χ3v) is 3.20. The molecule has 0 aliphatic heterocycles. The quantitative estimate of drug-likeness (QED) is 0.820. The molecule has 2 rings (SSSR count). The summed E-state index contributed by atoms with van der Waals surface area (Å²) in [5.74, 6) is 0.700. The van der Waals surface area contributed by atoms with Crippen LogP contribution in [0, 0.1) is 11.3 Å². The molecule has 0 aliphatic carbocycles. The van der Waals surface area contributed by atoms with Gasteiger partial charge in [-0.1, -0.05) is 11.6 Å². The van der Waals surface area contributed by atoms with E-state index in [1.54, 1.807) is 18.2 Å². The number of nitrogens with one attached hydrogen (secondary N) is 1. The lowest BCUT2D eigenvalue weighted by Gasteiger charge is -2.10. The van der Waals surface area contributed by atoms with Crippen molar-refractivity contribution >= 4 is 28.3 Å². The summed E-state index contributed by atoms with van der Waals surface area (Å²) in [4.78, 5) is 4.50. The highest BCUT2D eigenvalue weighted by molar-refractivity contribution is 6.31. The van der Waals surface area contributed by atoms with Crippen LogP contribution in [0.25, 0.3) is 10.9 Å². The van der Waals surface area contributed by atoms with Gasteiger partial charge in [0, 0.05) is 23.6 Å². The van der Waals surface area contributed by atoms with Gasteiger partial charge in [0.1, 0.15) is 5.82 Å². The second kappa shape index (κ2) is 7.26. The smallest absolute Gasteiger partial charge is 0.127 e. The van der Waals surface area contributed by atoms with Gasteiger partial charge in [-0.3, -0.25) is 0 Å². The van der Waals surface area contributed by atoms with E-state index in [2.05, 4.69) is 16.4 Å². The normalized spacial score (nSPS) is 10.8. The predicted molar refractivity (Wildman–Crippen MR) is 85.7 cm³/mol. The molecule has 0 spiro atoms. The van der Waals surface area contributed by atoms with Gasteiger partial charge >= 0.3 is 0 Å². The summed E-state index contributed by atoms with van der Waals surface area (Å²) in [5.41, 5.74) is 1.34. The summed E-state index contributed by atoms with van der Waals surface area (Å²) < 4.78 is 5.48. The Labute approximate surface area is 129 Å². The van der Waals surface area contributed by atoms with Crippen LogP contribution in [0.3, 0.4) is 0 Å². The lowest BCUT2D eigenvalue weighted by atomic mass is 10.1. The maximum Gasteiger partial charge on any atom is 0.127 e. The van der Waals surface area contributed by atoms with Crippen molar-refractivity contribution < 1.29 is 4.74 Å². The summed E-state index contributed by atoms with van der Waals surface area (Å²) in [7, 11) is 0. The monoisotopic (exact) mass is 303 g/mol. The molecule has 110 valence electrons. The van der Waals surface area contributed by atoms with Gasteiger partial charge in [-0.05, 0) is 44.5 Å². The standard InChI is InChI=1S/C16H18ClN3O/c1-11(2)21-7-3-6-19-16-8-12(10-18)14-9-13(17)4-5-15(14)20-16/h4-5,8-9,11H,3,6-7H2,1-2H3,(H,19,20). The van der Waals surface area contributed by atoms with Gasteiger partial charge in [-0.2, -0.15) is 5.26 Å². The van der Waals surface area contributed by atoms with E-state index >= 15 is 0 Å². The maximum atomic E-state index is 9.25. The first-order chi connectivity index (χ1) is 10.1. The largest absolute Gasteiger partial charge is 0.379 e. The van der Waals surface area contributed by atoms with Crippen molar-refractivity contribution in [1.82, 2.24) is 4.98 Å². The first kappa shape index (κ1) is 15.6. The highest BCUT2D eigenvalue weighted by atomic mass is 35.5. The number of hydrogen-bond donors (Lipinski definition) is 1. The summed E-state index contributed by atoms with van der Waals surface area (Å²) in [6, 6.07) is 9.31. The third-order valence-electron chi connectivity index (χ3n) is 2.97.